The lowest BCUT2D eigenvalue weighted by atomic mass is 9.90. The number of rotatable bonds is 3. The van der Waals surface area contributed by atoms with E-state index in [2.05, 4.69) is 10.6 Å². The first-order valence-corrected chi connectivity index (χ1v) is 7.49. The van der Waals surface area contributed by atoms with Gasteiger partial charge in [-0.25, -0.2) is 0 Å². The van der Waals surface area contributed by atoms with Crippen molar-refractivity contribution < 1.29 is 14.3 Å². The summed E-state index contributed by atoms with van der Waals surface area (Å²) in [6.07, 6.45) is 2.85. The van der Waals surface area contributed by atoms with E-state index in [1.807, 2.05) is 12.1 Å². The molecule has 1 aliphatic heterocycles. The van der Waals surface area contributed by atoms with E-state index in [0.717, 1.165) is 30.5 Å². The van der Waals surface area contributed by atoms with Crippen molar-refractivity contribution in [1.82, 2.24) is 5.32 Å². The molecule has 5 nitrogen and oxygen atoms in total. The van der Waals surface area contributed by atoms with Gasteiger partial charge in [-0.1, -0.05) is 6.07 Å². The van der Waals surface area contributed by atoms with Crippen molar-refractivity contribution in [3.05, 3.63) is 29.3 Å². The van der Waals surface area contributed by atoms with Crippen molar-refractivity contribution in [1.29, 1.82) is 0 Å². The molecule has 3 rings (SSSR count). The maximum Gasteiger partial charge on any atom is 0.226 e. The predicted molar refractivity (Wildman–Crippen MR) is 79.6 cm³/mol. The second-order valence-electron chi connectivity index (χ2n) is 5.63. The van der Waals surface area contributed by atoms with Crippen LogP contribution in [-0.2, 0) is 16.0 Å². The number of carbonyl (C=O) groups is 2. The number of benzene rings is 1. The second kappa shape index (κ2) is 6.37. The van der Waals surface area contributed by atoms with Gasteiger partial charge < -0.3 is 15.4 Å². The molecule has 1 aliphatic carbocycles. The van der Waals surface area contributed by atoms with Gasteiger partial charge in [0.15, 0.2) is 5.78 Å². The maximum absolute atomic E-state index is 12.0. The number of hydrogen-bond acceptors (Lipinski definition) is 4. The quantitative estimate of drug-likeness (QED) is 0.885. The van der Waals surface area contributed by atoms with Crippen LogP contribution in [0.2, 0.25) is 0 Å². The van der Waals surface area contributed by atoms with Crippen LogP contribution in [0.4, 0.5) is 5.69 Å². The van der Waals surface area contributed by atoms with E-state index in [0.29, 0.717) is 31.7 Å². The Hall–Kier alpha value is -1.72. The number of nitrogens with one attached hydrogen (secondary N) is 2. The Morgan fingerprint density at radius 2 is 2.29 bits per heavy atom. The van der Waals surface area contributed by atoms with Crippen molar-refractivity contribution in [3.8, 4) is 0 Å². The lowest BCUT2D eigenvalue weighted by molar-refractivity contribution is -0.117. The van der Waals surface area contributed by atoms with Gasteiger partial charge in [-0.05, 0) is 30.5 Å². The van der Waals surface area contributed by atoms with Gasteiger partial charge in [0.1, 0.15) is 0 Å². The topological polar surface area (TPSA) is 67.4 Å². The number of anilines is 1. The zero-order chi connectivity index (χ0) is 14.7. The lowest BCUT2D eigenvalue weighted by Crippen LogP contribution is -2.43. The van der Waals surface area contributed by atoms with Crippen LogP contribution in [0, 0.1) is 0 Å². The summed E-state index contributed by atoms with van der Waals surface area (Å²) in [5.41, 5.74) is 2.55. The Morgan fingerprint density at radius 3 is 3.10 bits per heavy atom. The molecular weight excluding hydrogens is 268 g/mol. The molecule has 5 heteroatoms. The molecule has 0 bridgehead atoms. The summed E-state index contributed by atoms with van der Waals surface area (Å²) in [5.74, 6) is 0.121. The number of ketones is 1. The molecule has 1 aromatic rings. The average molecular weight is 288 g/mol. The van der Waals surface area contributed by atoms with Crippen molar-refractivity contribution in [2.75, 3.05) is 25.1 Å². The molecule has 1 atom stereocenters. The Balaban J connectivity index is 1.63. The normalized spacial score (nSPS) is 21.7. The van der Waals surface area contributed by atoms with Crippen molar-refractivity contribution in [2.24, 2.45) is 0 Å². The average Bonchev–Trinajstić information content (AvgIpc) is 2.49. The molecule has 1 fully saturated rings. The number of aryl methyl sites for hydroxylation is 1. The van der Waals surface area contributed by atoms with Gasteiger partial charge in [0, 0.05) is 36.7 Å². The molecule has 0 saturated carbocycles. The van der Waals surface area contributed by atoms with Crippen molar-refractivity contribution in [3.63, 3.8) is 0 Å². The summed E-state index contributed by atoms with van der Waals surface area (Å²) in [4.78, 5) is 23.9. The molecular formula is C16H20N2O3. The van der Waals surface area contributed by atoms with E-state index in [1.54, 1.807) is 6.07 Å². The SMILES string of the molecule is O=C(CC1COCCN1)Nc1ccc2c(c1)C(=O)CCC2. The molecule has 0 radical (unpaired) electrons. The highest BCUT2D eigenvalue weighted by Crippen LogP contribution is 2.24. The zero-order valence-electron chi connectivity index (χ0n) is 12.0. The molecule has 21 heavy (non-hydrogen) atoms. The van der Waals surface area contributed by atoms with Crippen molar-refractivity contribution >= 4 is 17.4 Å². The van der Waals surface area contributed by atoms with E-state index in [9.17, 15) is 9.59 Å². The number of carbonyl (C=O) groups excluding carboxylic acids is 2. The summed E-state index contributed by atoms with van der Waals surface area (Å²) in [5, 5.41) is 6.13. The largest absolute Gasteiger partial charge is 0.378 e. The fraction of sp³-hybridized carbons (Fsp3) is 0.500. The fourth-order valence-corrected chi connectivity index (χ4v) is 2.89. The Labute approximate surface area is 124 Å². The third-order valence-electron chi connectivity index (χ3n) is 3.97. The molecule has 1 aromatic carbocycles. The highest BCUT2D eigenvalue weighted by molar-refractivity contribution is 6.00. The van der Waals surface area contributed by atoms with E-state index >= 15 is 0 Å². The highest BCUT2D eigenvalue weighted by Gasteiger charge is 2.19. The minimum atomic E-state index is -0.0544. The number of hydrogen-bond donors (Lipinski definition) is 2. The minimum Gasteiger partial charge on any atom is -0.378 e. The van der Waals surface area contributed by atoms with E-state index < -0.39 is 0 Å². The summed E-state index contributed by atoms with van der Waals surface area (Å²) in [7, 11) is 0. The standard InChI is InChI=1S/C16H20N2O3/c19-15-3-1-2-11-4-5-12(8-14(11)15)18-16(20)9-13-10-21-7-6-17-13/h4-5,8,13,17H,1-3,6-7,9-10H2,(H,18,20). The molecule has 1 unspecified atom stereocenters. The molecule has 2 aliphatic rings. The summed E-state index contributed by atoms with van der Waals surface area (Å²) in [6, 6.07) is 5.70. The van der Waals surface area contributed by atoms with Crippen LogP contribution >= 0.6 is 0 Å². The van der Waals surface area contributed by atoms with E-state index in [4.69, 9.17) is 4.74 Å². The van der Waals surface area contributed by atoms with Gasteiger partial charge in [0.2, 0.25) is 5.91 Å². The molecule has 0 aromatic heterocycles. The van der Waals surface area contributed by atoms with E-state index in [-0.39, 0.29) is 17.7 Å². The number of amides is 1. The molecule has 1 saturated heterocycles. The maximum atomic E-state index is 12.0. The molecule has 1 heterocycles. The van der Waals surface area contributed by atoms with Gasteiger partial charge >= 0.3 is 0 Å². The monoisotopic (exact) mass is 288 g/mol. The first kappa shape index (κ1) is 14.2. The number of ether oxygens (including phenoxy) is 1. The van der Waals surface area contributed by atoms with Gasteiger partial charge in [-0.2, -0.15) is 0 Å². The van der Waals surface area contributed by atoms with E-state index in [1.165, 1.54) is 0 Å². The highest BCUT2D eigenvalue weighted by atomic mass is 16.5. The van der Waals surface area contributed by atoms with Crippen LogP contribution in [-0.4, -0.2) is 37.5 Å². The third kappa shape index (κ3) is 3.49. The number of fused-ring (bicyclic) bond motifs is 1. The molecule has 112 valence electrons. The smallest absolute Gasteiger partial charge is 0.226 e. The number of morpholine rings is 1. The minimum absolute atomic E-state index is 0.0544. The predicted octanol–water partition coefficient (Wildman–Crippen LogP) is 1.52. The fourth-order valence-electron chi connectivity index (χ4n) is 2.89. The van der Waals surface area contributed by atoms with Gasteiger partial charge in [-0.15, -0.1) is 0 Å². The van der Waals surface area contributed by atoms with Crippen LogP contribution in [0.5, 0.6) is 0 Å². The molecule has 2 N–H and O–H groups in total. The Bertz CT molecular complexity index is 550. The third-order valence-corrected chi connectivity index (χ3v) is 3.97. The van der Waals surface area contributed by atoms with Crippen LogP contribution in [0.25, 0.3) is 0 Å². The Morgan fingerprint density at radius 1 is 1.38 bits per heavy atom. The van der Waals surface area contributed by atoms with Gasteiger partial charge in [0.05, 0.1) is 13.2 Å². The van der Waals surface area contributed by atoms with Crippen LogP contribution in [0.15, 0.2) is 18.2 Å². The second-order valence-corrected chi connectivity index (χ2v) is 5.63. The summed E-state index contributed by atoms with van der Waals surface area (Å²) in [6.45, 7) is 2.05. The van der Waals surface area contributed by atoms with Crippen LogP contribution in [0.1, 0.15) is 35.2 Å². The number of Topliss-reactive ketones (excluding diaryl/α,β-unsaturated/α-hetero) is 1. The van der Waals surface area contributed by atoms with Crippen LogP contribution < -0.4 is 10.6 Å². The van der Waals surface area contributed by atoms with Crippen molar-refractivity contribution in [2.45, 2.75) is 31.7 Å². The Kier molecular flexibility index (Phi) is 4.31. The summed E-state index contributed by atoms with van der Waals surface area (Å²) < 4.78 is 5.33. The molecule has 1 amide bonds. The van der Waals surface area contributed by atoms with Gasteiger partial charge in [-0.3, -0.25) is 9.59 Å². The van der Waals surface area contributed by atoms with Gasteiger partial charge in [0.25, 0.3) is 0 Å². The molecule has 0 spiro atoms. The van der Waals surface area contributed by atoms with Crippen LogP contribution in [0.3, 0.4) is 0 Å². The first-order chi connectivity index (χ1) is 10.2. The zero-order valence-corrected chi connectivity index (χ0v) is 12.0. The lowest BCUT2D eigenvalue weighted by Gasteiger charge is -2.23. The first-order valence-electron chi connectivity index (χ1n) is 7.49. The summed E-state index contributed by atoms with van der Waals surface area (Å²) >= 11 is 0.